The van der Waals surface area contributed by atoms with Crippen molar-refractivity contribution >= 4 is 10.1 Å². The van der Waals surface area contributed by atoms with Crippen LogP contribution in [0.4, 0.5) is 0 Å². The zero-order valence-corrected chi connectivity index (χ0v) is 9.42. The fourth-order valence-corrected chi connectivity index (χ4v) is 3.23. The van der Waals surface area contributed by atoms with E-state index < -0.39 is 15.5 Å². The van der Waals surface area contributed by atoms with Gasteiger partial charge in [0.2, 0.25) is 0 Å². The first kappa shape index (κ1) is 11.9. The molecule has 0 amide bonds. The van der Waals surface area contributed by atoms with Gasteiger partial charge in [0.1, 0.15) is 10.1 Å². The van der Waals surface area contributed by atoms with E-state index in [1.54, 1.807) is 7.05 Å². The van der Waals surface area contributed by atoms with Gasteiger partial charge in [-0.25, -0.2) is 8.42 Å². The molecule has 0 N–H and O–H groups in total. The lowest BCUT2D eigenvalue weighted by Gasteiger charge is -2.36. The summed E-state index contributed by atoms with van der Waals surface area (Å²) in [4.78, 5) is 0. The van der Waals surface area contributed by atoms with Crippen LogP contribution in [0.3, 0.4) is 0 Å². The third kappa shape index (κ3) is 2.44. The van der Waals surface area contributed by atoms with E-state index in [1.165, 1.54) is 0 Å². The van der Waals surface area contributed by atoms with Gasteiger partial charge in [0, 0.05) is 19.4 Å². The van der Waals surface area contributed by atoms with Crippen molar-refractivity contribution in [2.45, 2.75) is 25.1 Å². The smallest absolute Gasteiger partial charge is 0.183 e. The number of ether oxygens (including phenoxy) is 1. The second kappa shape index (κ2) is 4.14. The Balaban J connectivity index is 2.76. The predicted molar refractivity (Wildman–Crippen MR) is 50.3 cm³/mol. The quantitative estimate of drug-likeness (QED) is 0.500. The molecule has 6 heteroatoms. The van der Waals surface area contributed by atoms with Gasteiger partial charge in [-0.3, -0.25) is 4.48 Å². The van der Waals surface area contributed by atoms with E-state index in [4.69, 9.17) is 4.74 Å². The van der Waals surface area contributed by atoms with E-state index in [0.29, 0.717) is 26.3 Å². The molecule has 1 aliphatic rings. The molecule has 1 aliphatic heterocycles. The van der Waals surface area contributed by atoms with Crippen LogP contribution in [0.5, 0.6) is 0 Å². The first-order chi connectivity index (χ1) is 6.40. The molecular formula is C8H17NO4S. The van der Waals surface area contributed by atoms with Crippen molar-refractivity contribution in [3.63, 3.8) is 0 Å². The highest BCUT2D eigenvalue weighted by Crippen LogP contribution is 2.27. The van der Waals surface area contributed by atoms with E-state index in [-0.39, 0.29) is 4.48 Å². The van der Waals surface area contributed by atoms with Crippen molar-refractivity contribution in [3.05, 3.63) is 0 Å². The molecule has 0 radical (unpaired) electrons. The summed E-state index contributed by atoms with van der Waals surface area (Å²) in [5.41, 5.74) is 0. The SMILES string of the molecule is CCOC[N+]1(C)CCCC1S(=O)(=O)[O-]. The van der Waals surface area contributed by atoms with Crippen LogP contribution in [0.1, 0.15) is 19.8 Å². The topological polar surface area (TPSA) is 66.4 Å². The Morgan fingerprint density at radius 1 is 1.57 bits per heavy atom. The van der Waals surface area contributed by atoms with E-state index in [2.05, 4.69) is 0 Å². The van der Waals surface area contributed by atoms with Crippen LogP contribution in [0.2, 0.25) is 0 Å². The fraction of sp³-hybridized carbons (Fsp3) is 1.00. The summed E-state index contributed by atoms with van der Waals surface area (Å²) in [6.07, 6.45) is 1.23. The third-order valence-corrected chi connectivity index (χ3v) is 4.15. The van der Waals surface area contributed by atoms with Crippen molar-refractivity contribution in [2.75, 3.05) is 26.9 Å². The molecule has 1 saturated heterocycles. The summed E-state index contributed by atoms with van der Waals surface area (Å²) < 4.78 is 38.4. The van der Waals surface area contributed by atoms with Gasteiger partial charge in [-0.1, -0.05) is 0 Å². The number of hydrogen-bond acceptors (Lipinski definition) is 4. The Kier molecular flexibility index (Phi) is 3.52. The van der Waals surface area contributed by atoms with Crippen LogP contribution in [0, 0.1) is 0 Å². The highest BCUT2D eigenvalue weighted by molar-refractivity contribution is 7.86. The van der Waals surface area contributed by atoms with E-state index >= 15 is 0 Å². The molecule has 1 rings (SSSR count). The number of quaternary nitrogens is 1. The zero-order chi connectivity index (χ0) is 10.8. The standard InChI is InChI=1S/C8H17NO4S/c1-3-13-7-9(2)6-4-5-8(9)14(10,11)12/h8H,3-7H2,1-2H3. The van der Waals surface area contributed by atoms with Gasteiger partial charge in [-0.2, -0.15) is 0 Å². The van der Waals surface area contributed by atoms with Crippen LogP contribution in [0.15, 0.2) is 0 Å². The predicted octanol–water partition coefficient (Wildman–Crippen LogP) is 0.0921. The van der Waals surface area contributed by atoms with Gasteiger partial charge < -0.3 is 9.29 Å². The summed E-state index contributed by atoms with van der Waals surface area (Å²) in [7, 11) is -2.43. The summed E-state index contributed by atoms with van der Waals surface area (Å²) in [5, 5.41) is -0.825. The first-order valence-electron chi connectivity index (χ1n) is 4.77. The molecule has 84 valence electrons. The zero-order valence-electron chi connectivity index (χ0n) is 8.60. The number of nitrogens with zero attached hydrogens (tertiary/aromatic N) is 1. The molecule has 1 fully saturated rings. The molecule has 2 unspecified atom stereocenters. The molecule has 0 aromatic carbocycles. The Labute approximate surface area is 85.0 Å². The number of likely N-dealkylation sites (tertiary alicyclic amines) is 1. The highest BCUT2D eigenvalue weighted by atomic mass is 32.2. The average molecular weight is 223 g/mol. The maximum atomic E-state index is 11.0. The summed E-state index contributed by atoms with van der Waals surface area (Å²) >= 11 is 0. The largest absolute Gasteiger partial charge is 0.743 e. The summed E-state index contributed by atoms with van der Waals surface area (Å²) in [6.45, 7) is 3.40. The van der Waals surface area contributed by atoms with Crippen LogP contribution >= 0.6 is 0 Å². The van der Waals surface area contributed by atoms with Crippen molar-refractivity contribution in [2.24, 2.45) is 0 Å². The van der Waals surface area contributed by atoms with Crippen LogP contribution in [-0.2, 0) is 14.9 Å². The van der Waals surface area contributed by atoms with Crippen LogP contribution in [0.25, 0.3) is 0 Å². The minimum absolute atomic E-state index is 0.208. The van der Waals surface area contributed by atoms with Gasteiger partial charge in [0.15, 0.2) is 12.1 Å². The maximum absolute atomic E-state index is 11.0. The van der Waals surface area contributed by atoms with Crippen molar-refractivity contribution in [3.8, 4) is 0 Å². The molecule has 0 aromatic rings. The van der Waals surface area contributed by atoms with Crippen molar-refractivity contribution in [1.29, 1.82) is 0 Å². The van der Waals surface area contributed by atoms with Crippen molar-refractivity contribution < 1.29 is 22.2 Å². The van der Waals surface area contributed by atoms with Gasteiger partial charge in [0.05, 0.1) is 13.6 Å². The van der Waals surface area contributed by atoms with Crippen LogP contribution in [-0.4, -0.2) is 49.8 Å². The first-order valence-corrected chi connectivity index (χ1v) is 6.24. The van der Waals surface area contributed by atoms with Crippen molar-refractivity contribution in [1.82, 2.24) is 0 Å². The molecule has 0 spiro atoms. The van der Waals surface area contributed by atoms with Gasteiger partial charge in [-0.15, -0.1) is 0 Å². The molecule has 2 atom stereocenters. The molecular weight excluding hydrogens is 206 g/mol. The normalized spacial score (nSPS) is 33.5. The number of rotatable bonds is 4. The lowest BCUT2D eigenvalue weighted by molar-refractivity contribution is -0.926. The lowest BCUT2D eigenvalue weighted by Crippen LogP contribution is -2.52. The minimum Gasteiger partial charge on any atom is -0.743 e. The van der Waals surface area contributed by atoms with Gasteiger partial charge >= 0.3 is 0 Å². The molecule has 0 aromatic heterocycles. The molecule has 1 heterocycles. The maximum Gasteiger partial charge on any atom is 0.183 e. The van der Waals surface area contributed by atoms with Gasteiger partial charge in [0.25, 0.3) is 0 Å². The molecule has 0 saturated carbocycles. The molecule has 14 heavy (non-hydrogen) atoms. The molecule has 0 bridgehead atoms. The van der Waals surface area contributed by atoms with E-state index in [1.807, 2.05) is 6.92 Å². The molecule has 5 nitrogen and oxygen atoms in total. The van der Waals surface area contributed by atoms with E-state index in [0.717, 1.165) is 6.42 Å². The Morgan fingerprint density at radius 3 is 2.71 bits per heavy atom. The second-order valence-corrected chi connectivity index (χ2v) is 5.44. The highest BCUT2D eigenvalue weighted by Gasteiger charge is 2.42. The Hall–Kier alpha value is -0.170. The monoisotopic (exact) mass is 223 g/mol. The van der Waals surface area contributed by atoms with Crippen LogP contribution < -0.4 is 0 Å². The average Bonchev–Trinajstić information content (AvgIpc) is 2.44. The second-order valence-electron chi connectivity index (χ2n) is 3.91. The summed E-state index contributed by atoms with van der Waals surface area (Å²) in [5.74, 6) is 0. The van der Waals surface area contributed by atoms with Gasteiger partial charge in [-0.05, 0) is 6.92 Å². The fourth-order valence-electron chi connectivity index (χ4n) is 1.99. The molecule has 0 aliphatic carbocycles. The number of hydrogen-bond donors (Lipinski definition) is 0. The third-order valence-electron chi connectivity index (χ3n) is 2.74. The minimum atomic E-state index is -4.20. The Morgan fingerprint density at radius 2 is 2.21 bits per heavy atom. The van der Waals surface area contributed by atoms with E-state index in [9.17, 15) is 13.0 Å². The summed E-state index contributed by atoms with van der Waals surface area (Å²) in [6, 6.07) is 0. The Bertz CT molecular complexity index is 290. The lowest BCUT2D eigenvalue weighted by atomic mass is 10.4.